The number of benzene rings is 2. The maximum Gasteiger partial charge on any atom is 0.224 e. The maximum absolute atomic E-state index is 12.6. The Bertz CT molecular complexity index is 888. The lowest BCUT2D eigenvalue weighted by atomic mass is 9.65. The maximum atomic E-state index is 12.6. The zero-order valence-corrected chi connectivity index (χ0v) is 17.8. The van der Waals surface area contributed by atoms with Crippen molar-refractivity contribution in [3.63, 3.8) is 0 Å². The highest BCUT2D eigenvalue weighted by Gasteiger charge is 2.49. The van der Waals surface area contributed by atoms with E-state index in [4.69, 9.17) is 14.2 Å². The first-order valence-electron chi connectivity index (χ1n) is 9.40. The monoisotopic (exact) mass is 383 g/mol. The molecule has 5 heteroatoms. The van der Waals surface area contributed by atoms with Crippen molar-refractivity contribution in [1.82, 2.24) is 0 Å². The number of amides is 1. The number of carbonyl (C=O) groups is 1. The van der Waals surface area contributed by atoms with Gasteiger partial charge in [-0.1, -0.05) is 19.1 Å². The van der Waals surface area contributed by atoms with E-state index in [0.29, 0.717) is 5.75 Å². The first kappa shape index (κ1) is 20.1. The summed E-state index contributed by atoms with van der Waals surface area (Å²) in [6.07, 6.45) is 0.752. The predicted octanol–water partition coefficient (Wildman–Crippen LogP) is 4.55. The lowest BCUT2D eigenvalue weighted by Crippen LogP contribution is -2.55. The van der Waals surface area contributed by atoms with E-state index in [-0.39, 0.29) is 16.9 Å². The third-order valence-corrected chi connectivity index (χ3v) is 5.74. The van der Waals surface area contributed by atoms with Gasteiger partial charge in [0.05, 0.1) is 27.0 Å². The molecule has 0 aliphatic carbocycles. The summed E-state index contributed by atoms with van der Waals surface area (Å²) >= 11 is 0. The van der Waals surface area contributed by atoms with Crippen LogP contribution in [0.25, 0.3) is 0 Å². The molecule has 28 heavy (non-hydrogen) atoms. The fourth-order valence-electron chi connectivity index (χ4n) is 4.75. The van der Waals surface area contributed by atoms with Crippen LogP contribution in [0.3, 0.4) is 0 Å². The first-order chi connectivity index (χ1) is 13.2. The molecule has 1 amide bonds. The van der Waals surface area contributed by atoms with Crippen molar-refractivity contribution in [3.05, 3.63) is 47.5 Å². The molecule has 0 saturated heterocycles. The van der Waals surface area contributed by atoms with Gasteiger partial charge in [0.1, 0.15) is 17.2 Å². The summed E-state index contributed by atoms with van der Waals surface area (Å²) in [5.41, 5.74) is 2.24. The van der Waals surface area contributed by atoms with Crippen LogP contribution in [0.1, 0.15) is 45.2 Å². The molecule has 0 fully saturated rings. The summed E-state index contributed by atoms with van der Waals surface area (Å²) in [7, 11) is 4.94. The molecule has 1 atom stereocenters. The van der Waals surface area contributed by atoms with Gasteiger partial charge >= 0.3 is 0 Å². The van der Waals surface area contributed by atoms with Crippen molar-refractivity contribution in [2.75, 3.05) is 26.2 Å². The lowest BCUT2D eigenvalue weighted by molar-refractivity contribution is -0.117. The van der Waals surface area contributed by atoms with Crippen molar-refractivity contribution in [2.45, 2.75) is 45.1 Å². The average Bonchev–Trinajstić information content (AvgIpc) is 2.65. The van der Waals surface area contributed by atoms with Crippen molar-refractivity contribution in [3.8, 4) is 17.2 Å². The number of nitrogens with zero attached hydrogens (tertiary/aromatic N) is 1. The largest absolute Gasteiger partial charge is 0.497 e. The molecule has 2 aromatic carbocycles. The van der Waals surface area contributed by atoms with Crippen LogP contribution in [0.5, 0.6) is 17.2 Å². The fourth-order valence-corrected chi connectivity index (χ4v) is 4.75. The molecule has 3 rings (SSSR count). The molecule has 0 aromatic heterocycles. The SMILES string of the molecule is COc1ccc(C2(C)CC(C)(C)N(C(C)=O)c3cc(OC)cc(OC)c32)cc1. The van der Waals surface area contributed by atoms with E-state index >= 15 is 0 Å². The Hall–Kier alpha value is -2.69. The van der Waals surface area contributed by atoms with Crippen LogP contribution in [0.2, 0.25) is 0 Å². The molecule has 0 bridgehead atoms. The van der Waals surface area contributed by atoms with Gasteiger partial charge in [0.2, 0.25) is 5.91 Å². The minimum Gasteiger partial charge on any atom is -0.497 e. The summed E-state index contributed by atoms with van der Waals surface area (Å²) in [6.45, 7) is 8.02. The number of fused-ring (bicyclic) bond motifs is 1. The fraction of sp³-hybridized carbons (Fsp3) is 0.435. The molecular formula is C23H29NO4. The second-order valence-corrected chi connectivity index (χ2v) is 8.13. The molecule has 1 unspecified atom stereocenters. The van der Waals surface area contributed by atoms with E-state index < -0.39 is 0 Å². The average molecular weight is 383 g/mol. The zero-order valence-electron chi connectivity index (χ0n) is 17.8. The standard InChI is InChI=1S/C23H29NO4/c1-15(25)24-19-12-18(27-6)13-20(28-7)21(19)23(4,14-22(24,2)3)16-8-10-17(26-5)11-9-16/h8-13H,14H2,1-7H3. The first-order valence-corrected chi connectivity index (χ1v) is 9.40. The third-order valence-electron chi connectivity index (χ3n) is 5.74. The quantitative estimate of drug-likeness (QED) is 0.777. The summed E-state index contributed by atoms with van der Waals surface area (Å²) < 4.78 is 16.6. The molecule has 150 valence electrons. The molecule has 1 aliphatic heterocycles. The Morgan fingerprint density at radius 2 is 1.54 bits per heavy atom. The summed E-state index contributed by atoms with van der Waals surface area (Å²) in [4.78, 5) is 14.5. The van der Waals surface area contributed by atoms with E-state index in [0.717, 1.165) is 34.7 Å². The van der Waals surface area contributed by atoms with E-state index in [2.05, 4.69) is 32.9 Å². The van der Waals surface area contributed by atoms with E-state index in [1.54, 1.807) is 28.3 Å². The molecule has 5 nitrogen and oxygen atoms in total. The number of hydrogen-bond acceptors (Lipinski definition) is 4. The van der Waals surface area contributed by atoms with Gasteiger partial charge in [-0.05, 0) is 38.0 Å². The number of hydrogen-bond donors (Lipinski definition) is 0. The molecule has 0 radical (unpaired) electrons. The van der Waals surface area contributed by atoms with Crippen molar-refractivity contribution < 1.29 is 19.0 Å². The molecular weight excluding hydrogens is 354 g/mol. The Labute approximate surface area is 167 Å². The number of anilines is 1. The van der Waals surface area contributed by atoms with Crippen LogP contribution in [-0.4, -0.2) is 32.8 Å². The molecule has 0 saturated carbocycles. The van der Waals surface area contributed by atoms with Gasteiger partial charge in [0.15, 0.2) is 0 Å². The van der Waals surface area contributed by atoms with Gasteiger partial charge in [-0.15, -0.1) is 0 Å². The number of rotatable bonds is 4. The van der Waals surface area contributed by atoms with Crippen molar-refractivity contribution in [1.29, 1.82) is 0 Å². The van der Waals surface area contributed by atoms with Gasteiger partial charge in [-0.25, -0.2) is 0 Å². The van der Waals surface area contributed by atoms with Gasteiger partial charge in [0.25, 0.3) is 0 Å². The van der Waals surface area contributed by atoms with Crippen LogP contribution >= 0.6 is 0 Å². The predicted molar refractivity (Wildman–Crippen MR) is 111 cm³/mol. The summed E-state index contributed by atoms with van der Waals surface area (Å²) in [5, 5.41) is 0. The molecule has 2 aromatic rings. The number of carbonyl (C=O) groups excluding carboxylic acids is 1. The Morgan fingerprint density at radius 1 is 0.929 bits per heavy atom. The Morgan fingerprint density at radius 3 is 2.04 bits per heavy atom. The van der Waals surface area contributed by atoms with E-state index in [1.807, 2.05) is 29.2 Å². The lowest BCUT2D eigenvalue weighted by Gasteiger charge is -2.51. The summed E-state index contributed by atoms with van der Waals surface area (Å²) in [6, 6.07) is 11.9. The van der Waals surface area contributed by atoms with Gasteiger partial charge in [-0.2, -0.15) is 0 Å². The second-order valence-electron chi connectivity index (χ2n) is 8.13. The van der Waals surface area contributed by atoms with Crippen LogP contribution in [0, 0.1) is 0 Å². The molecule has 1 aliphatic rings. The van der Waals surface area contributed by atoms with E-state index in [1.165, 1.54) is 0 Å². The van der Waals surface area contributed by atoms with Crippen LogP contribution in [0.15, 0.2) is 36.4 Å². The molecule has 0 spiro atoms. The number of methoxy groups -OCH3 is 3. The second kappa shape index (κ2) is 7.04. The molecule has 1 heterocycles. The Kier molecular flexibility index (Phi) is 5.04. The minimum absolute atomic E-state index is 0.00154. The van der Waals surface area contributed by atoms with Crippen molar-refractivity contribution >= 4 is 11.6 Å². The van der Waals surface area contributed by atoms with E-state index in [9.17, 15) is 4.79 Å². The van der Waals surface area contributed by atoms with Crippen LogP contribution in [-0.2, 0) is 10.2 Å². The normalized spacial score (nSPS) is 20.3. The van der Waals surface area contributed by atoms with Crippen molar-refractivity contribution in [2.24, 2.45) is 0 Å². The Balaban J connectivity index is 2.34. The number of ether oxygens (including phenoxy) is 3. The van der Waals surface area contributed by atoms with Crippen LogP contribution < -0.4 is 19.1 Å². The topological polar surface area (TPSA) is 48.0 Å². The minimum atomic E-state index is -0.384. The van der Waals surface area contributed by atoms with Gasteiger partial charge in [0, 0.05) is 35.6 Å². The van der Waals surface area contributed by atoms with Gasteiger partial charge < -0.3 is 19.1 Å². The van der Waals surface area contributed by atoms with Gasteiger partial charge in [-0.3, -0.25) is 4.79 Å². The smallest absolute Gasteiger partial charge is 0.224 e. The highest BCUT2D eigenvalue weighted by atomic mass is 16.5. The summed E-state index contributed by atoms with van der Waals surface area (Å²) in [5.74, 6) is 2.19. The highest BCUT2D eigenvalue weighted by Crippen LogP contribution is 2.55. The zero-order chi connectivity index (χ0) is 20.7. The molecule has 0 N–H and O–H groups in total. The van der Waals surface area contributed by atoms with Crippen LogP contribution in [0.4, 0.5) is 5.69 Å². The highest BCUT2D eigenvalue weighted by molar-refractivity contribution is 5.96. The third kappa shape index (κ3) is 3.09.